The van der Waals surface area contributed by atoms with Gasteiger partial charge in [-0.2, -0.15) is 0 Å². The molecule has 0 bridgehead atoms. The summed E-state index contributed by atoms with van der Waals surface area (Å²) in [4.78, 5) is 32.9. The minimum Gasteiger partial charge on any atom is -0.465 e. The zero-order valence-electron chi connectivity index (χ0n) is 13.0. The minimum atomic E-state index is -1.00. The Balaban J connectivity index is 1.86. The second-order valence-corrected chi connectivity index (χ2v) is 8.37. The minimum absolute atomic E-state index is 0.0417. The summed E-state index contributed by atoms with van der Waals surface area (Å²) in [5.41, 5.74) is 1.39. The number of thiophene rings is 1. The fourth-order valence-electron chi connectivity index (χ4n) is 3.46. The van der Waals surface area contributed by atoms with Gasteiger partial charge in [-0.05, 0) is 34.0 Å². The topological polar surface area (TPSA) is 86.3 Å². The lowest BCUT2D eigenvalue weighted by atomic mass is 9.91. The third-order valence-electron chi connectivity index (χ3n) is 4.52. The molecule has 8 heteroatoms. The first-order valence-corrected chi connectivity index (χ1v) is 9.39. The molecule has 1 unspecified atom stereocenters. The smallest absolute Gasteiger partial charge is 0.407 e. The number of aromatic amines is 1. The van der Waals surface area contributed by atoms with E-state index in [0.29, 0.717) is 29.0 Å². The Bertz CT molecular complexity index is 1000. The van der Waals surface area contributed by atoms with E-state index in [2.05, 4.69) is 25.9 Å². The molecular weight excluding hydrogens is 406 g/mol. The summed E-state index contributed by atoms with van der Waals surface area (Å²) >= 11 is 4.69. The van der Waals surface area contributed by atoms with Gasteiger partial charge >= 0.3 is 6.09 Å². The van der Waals surface area contributed by atoms with Crippen LogP contribution in [0.1, 0.15) is 29.8 Å². The van der Waals surface area contributed by atoms with Crippen LogP contribution in [0.15, 0.2) is 45.0 Å². The summed E-state index contributed by atoms with van der Waals surface area (Å²) in [6.07, 6.45) is -0.312. The number of carboxylic acid groups (broad SMARTS) is 1. The van der Waals surface area contributed by atoms with Gasteiger partial charge in [0.25, 0.3) is 5.56 Å². The molecule has 3 aromatic rings. The SMILES string of the molecule is O=C(O)N1CC[C@@H](c2ccccc2)C1c1nc2cc(Br)sc2c(=O)[nH]1. The van der Waals surface area contributed by atoms with Crippen LogP contribution < -0.4 is 5.56 Å². The van der Waals surface area contributed by atoms with Gasteiger partial charge in [0.05, 0.1) is 9.30 Å². The molecule has 0 saturated carbocycles. The Morgan fingerprint density at radius 1 is 1.36 bits per heavy atom. The van der Waals surface area contributed by atoms with Gasteiger partial charge in [0.15, 0.2) is 0 Å². The number of carbonyl (C=O) groups is 1. The molecule has 6 nitrogen and oxygen atoms in total. The molecule has 1 aliphatic heterocycles. The fraction of sp³-hybridized carbons (Fsp3) is 0.235. The van der Waals surface area contributed by atoms with E-state index < -0.39 is 12.1 Å². The van der Waals surface area contributed by atoms with E-state index in [9.17, 15) is 14.7 Å². The lowest BCUT2D eigenvalue weighted by molar-refractivity contribution is 0.136. The standard InChI is InChI=1S/C17H14BrN3O3S/c18-12-8-11-14(25-12)16(22)20-15(19-11)13-10(6-7-21(13)17(23)24)9-4-2-1-3-5-9/h1-5,8,10,13H,6-7H2,(H,23,24)(H,19,20,22)/t10-,13?/m0/s1. The van der Waals surface area contributed by atoms with Crippen LogP contribution in [0, 0.1) is 0 Å². The van der Waals surface area contributed by atoms with Gasteiger partial charge in [0.1, 0.15) is 16.6 Å². The predicted molar refractivity (Wildman–Crippen MR) is 99.2 cm³/mol. The monoisotopic (exact) mass is 419 g/mol. The molecule has 1 amide bonds. The molecule has 4 rings (SSSR count). The van der Waals surface area contributed by atoms with Crippen LogP contribution in [0.2, 0.25) is 0 Å². The van der Waals surface area contributed by atoms with Gasteiger partial charge in [0.2, 0.25) is 0 Å². The molecule has 1 aromatic carbocycles. The Morgan fingerprint density at radius 2 is 2.12 bits per heavy atom. The highest BCUT2D eigenvalue weighted by atomic mass is 79.9. The number of hydrogen-bond donors (Lipinski definition) is 2. The number of hydrogen-bond acceptors (Lipinski definition) is 4. The van der Waals surface area contributed by atoms with E-state index in [1.807, 2.05) is 30.3 Å². The van der Waals surface area contributed by atoms with Crippen LogP contribution >= 0.6 is 27.3 Å². The number of nitrogens with one attached hydrogen (secondary N) is 1. The van der Waals surface area contributed by atoms with E-state index in [4.69, 9.17) is 0 Å². The first-order valence-electron chi connectivity index (χ1n) is 7.78. The largest absolute Gasteiger partial charge is 0.465 e. The first kappa shape index (κ1) is 16.3. The zero-order chi connectivity index (χ0) is 17.6. The second kappa shape index (κ2) is 6.27. The quantitative estimate of drug-likeness (QED) is 0.657. The van der Waals surface area contributed by atoms with Crippen molar-refractivity contribution in [2.24, 2.45) is 0 Å². The summed E-state index contributed by atoms with van der Waals surface area (Å²) in [6.45, 7) is 0.411. The van der Waals surface area contributed by atoms with Gasteiger partial charge in [-0.1, -0.05) is 30.3 Å². The Hall–Kier alpha value is -2.19. The lowest BCUT2D eigenvalue weighted by Gasteiger charge is -2.25. The maximum absolute atomic E-state index is 12.4. The van der Waals surface area contributed by atoms with Crippen molar-refractivity contribution in [1.82, 2.24) is 14.9 Å². The number of fused-ring (bicyclic) bond motifs is 1. The van der Waals surface area contributed by atoms with Crippen LogP contribution in [0.4, 0.5) is 4.79 Å². The van der Waals surface area contributed by atoms with Gasteiger partial charge in [0, 0.05) is 12.5 Å². The third-order valence-corrected chi connectivity index (χ3v) is 6.15. The number of nitrogens with zero attached hydrogens (tertiary/aromatic N) is 2. The van der Waals surface area contributed by atoms with E-state index in [1.165, 1.54) is 16.2 Å². The van der Waals surface area contributed by atoms with Gasteiger partial charge in [-0.15, -0.1) is 11.3 Å². The van der Waals surface area contributed by atoms with Crippen molar-refractivity contribution < 1.29 is 9.90 Å². The van der Waals surface area contributed by atoms with Gasteiger partial charge < -0.3 is 10.1 Å². The summed E-state index contributed by atoms with van der Waals surface area (Å²) in [5, 5.41) is 9.60. The van der Waals surface area contributed by atoms with Crippen molar-refractivity contribution >= 4 is 43.6 Å². The number of likely N-dealkylation sites (tertiary alicyclic amines) is 1. The highest BCUT2D eigenvalue weighted by Gasteiger charge is 2.40. The maximum Gasteiger partial charge on any atom is 0.407 e. The van der Waals surface area contributed by atoms with Crippen molar-refractivity contribution in [2.75, 3.05) is 6.54 Å². The highest BCUT2D eigenvalue weighted by molar-refractivity contribution is 9.11. The molecule has 0 spiro atoms. The number of H-pyrrole nitrogens is 1. The zero-order valence-corrected chi connectivity index (χ0v) is 15.4. The van der Waals surface area contributed by atoms with Crippen LogP contribution in [-0.4, -0.2) is 32.6 Å². The normalized spacial score (nSPS) is 20.3. The molecule has 2 N–H and O–H groups in total. The van der Waals surface area contributed by atoms with E-state index >= 15 is 0 Å². The Labute approximate surface area is 155 Å². The number of benzene rings is 1. The van der Waals surface area contributed by atoms with Crippen molar-refractivity contribution in [1.29, 1.82) is 0 Å². The molecule has 0 radical (unpaired) electrons. The molecule has 3 heterocycles. The van der Waals surface area contributed by atoms with Gasteiger partial charge in [-0.25, -0.2) is 9.78 Å². The van der Waals surface area contributed by atoms with Gasteiger partial charge in [-0.3, -0.25) is 9.69 Å². The average molecular weight is 420 g/mol. The van der Waals surface area contributed by atoms with Crippen LogP contribution in [0.25, 0.3) is 10.2 Å². The molecule has 1 aliphatic rings. The van der Waals surface area contributed by atoms with E-state index in [-0.39, 0.29) is 11.5 Å². The lowest BCUT2D eigenvalue weighted by Crippen LogP contribution is -2.32. The Kier molecular flexibility index (Phi) is 4.09. The Morgan fingerprint density at radius 3 is 2.84 bits per heavy atom. The summed E-state index contributed by atoms with van der Waals surface area (Å²) in [7, 11) is 0. The number of halogens is 1. The molecule has 1 fully saturated rings. The van der Waals surface area contributed by atoms with Crippen LogP contribution in [-0.2, 0) is 0 Å². The molecular formula is C17H14BrN3O3S. The first-order chi connectivity index (χ1) is 12.0. The number of aromatic nitrogens is 2. The predicted octanol–water partition coefficient (Wildman–Crippen LogP) is 3.96. The number of rotatable bonds is 2. The van der Waals surface area contributed by atoms with Crippen LogP contribution in [0.5, 0.6) is 0 Å². The molecule has 0 aliphatic carbocycles. The second-order valence-electron chi connectivity index (χ2n) is 5.94. The third kappa shape index (κ3) is 2.85. The van der Waals surface area contributed by atoms with Crippen LogP contribution in [0.3, 0.4) is 0 Å². The van der Waals surface area contributed by atoms with Crippen molar-refractivity contribution in [3.63, 3.8) is 0 Å². The molecule has 1 saturated heterocycles. The molecule has 2 atom stereocenters. The molecule has 2 aromatic heterocycles. The molecule has 128 valence electrons. The van der Waals surface area contributed by atoms with Crippen molar-refractivity contribution in [3.05, 3.63) is 61.9 Å². The molecule has 25 heavy (non-hydrogen) atoms. The van der Waals surface area contributed by atoms with E-state index in [1.54, 1.807) is 6.07 Å². The average Bonchev–Trinajstić information content (AvgIpc) is 3.19. The number of amides is 1. The van der Waals surface area contributed by atoms with Crippen molar-refractivity contribution in [3.8, 4) is 0 Å². The van der Waals surface area contributed by atoms with Crippen molar-refractivity contribution in [2.45, 2.75) is 18.4 Å². The summed E-state index contributed by atoms with van der Waals surface area (Å²) in [5.74, 6) is 0.358. The maximum atomic E-state index is 12.4. The van der Waals surface area contributed by atoms with E-state index in [0.717, 1.165) is 9.35 Å². The summed E-state index contributed by atoms with van der Waals surface area (Å²) in [6, 6.07) is 11.1. The summed E-state index contributed by atoms with van der Waals surface area (Å²) < 4.78 is 1.35. The highest BCUT2D eigenvalue weighted by Crippen LogP contribution is 2.42. The fourth-order valence-corrected chi connectivity index (χ4v) is 4.88.